The third-order valence-corrected chi connectivity index (χ3v) is 5.01. The Hall–Kier alpha value is -3.15. The van der Waals surface area contributed by atoms with Gasteiger partial charge in [0.1, 0.15) is 11.5 Å². The maximum atomic E-state index is 12.9. The molecule has 0 saturated heterocycles. The molecule has 0 bridgehead atoms. The van der Waals surface area contributed by atoms with Crippen LogP contribution in [0.1, 0.15) is 27.8 Å². The van der Waals surface area contributed by atoms with Crippen molar-refractivity contribution >= 4 is 22.5 Å². The Balaban J connectivity index is 1.66. The largest absolute Gasteiger partial charge is 0.497 e. The minimum Gasteiger partial charge on any atom is -0.497 e. The number of methoxy groups -OCH3 is 1. The lowest BCUT2D eigenvalue weighted by molar-refractivity contribution is 0.00205. The molecule has 0 fully saturated rings. The Bertz CT molecular complexity index is 1020. The van der Waals surface area contributed by atoms with Gasteiger partial charge in [0, 0.05) is 23.1 Å². The molecule has 3 N–H and O–H groups in total. The van der Waals surface area contributed by atoms with Gasteiger partial charge in [-0.05, 0) is 48.4 Å². The van der Waals surface area contributed by atoms with Crippen molar-refractivity contribution in [2.24, 2.45) is 0 Å². The number of aromatic nitrogens is 1. The highest BCUT2D eigenvalue weighted by Gasteiger charge is 2.40. The van der Waals surface area contributed by atoms with Gasteiger partial charge in [0.15, 0.2) is 0 Å². The molecule has 25 heavy (non-hydrogen) atoms. The summed E-state index contributed by atoms with van der Waals surface area (Å²) in [6.07, 6.45) is 0.330. The summed E-state index contributed by atoms with van der Waals surface area (Å²) in [5.74, 6) is 1.35. The lowest BCUT2D eigenvalue weighted by atomic mass is 9.99. The minimum absolute atomic E-state index is 0.0413. The number of ether oxygens (including phenoxy) is 2. The maximum absolute atomic E-state index is 12.9. The van der Waals surface area contributed by atoms with Crippen molar-refractivity contribution in [2.75, 3.05) is 19.4 Å². The number of rotatable bonds is 1. The number of carbonyl (C=O) groups excluding carboxylic acids is 1. The van der Waals surface area contributed by atoms with Gasteiger partial charge in [-0.15, -0.1) is 0 Å². The number of hydrogen-bond acceptors (Lipinski definition) is 4. The zero-order valence-corrected chi connectivity index (χ0v) is 13.7. The van der Waals surface area contributed by atoms with E-state index in [9.17, 15) is 4.79 Å². The number of amides is 1. The highest BCUT2D eigenvalue weighted by Crippen LogP contribution is 2.41. The third-order valence-electron chi connectivity index (χ3n) is 5.01. The summed E-state index contributed by atoms with van der Waals surface area (Å²) in [7, 11) is 1.66. The van der Waals surface area contributed by atoms with E-state index in [1.54, 1.807) is 30.2 Å². The third kappa shape index (κ3) is 1.94. The molecule has 2 aromatic carbocycles. The molecule has 0 saturated carbocycles. The summed E-state index contributed by atoms with van der Waals surface area (Å²) in [5, 5.41) is 1.12. The average Bonchev–Trinajstić information content (AvgIpc) is 3.00. The Labute approximate surface area is 144 Å². The summed E-state index contributed by atoms with van der Waals surface area (Å²) in [5.41, 5.74) is 10.0. The quantitative estimate of drug-likeness (QED) is 0.670. The lowest BCUT2D eigenvalue weighted by Crippen LogP contribution is -2.45. The molecule has 1 atom stereocenters. The Morgan fingerprint density at radius 2 is 2.16 bits per heavy atom. The van der Waals surface area contributed by atoms with Crippen LogP contribution in [0.25, 0.3) is 10.9 Å². The van der Waals surface area contributed by atoms with Crippen LogP contribution in [0.15, 0.2) is 36.4 Å². The van der Waals surface area contributed by atoms with Gasteiger partial charge in [0.05, 0.1) is 18.4 Å². The first kappa shape index (κ1) is 14.2. The molecule has 1 amide bonds. The second-order valence-electron chi connectivity index (χ2n) is 6.40. The van der Waals surface area contributed by atoms with Crippen LogP contribution in [0, 0.1) is 0 Å². The maximum Gasteiger partial charge on any atom is 0.260 e. The number of anilines is 1. The van der Waals surface area contributed by atoms with Crippen LogP contribution < -0.4 is 15.2 Å². The SMILES string of the molecule is COc1ccc2[nH]c3c(c2c1)CCN1C(=O)c2cc(N)ccc2OC31. The zero-order valence-electron chi connectivity index (χ0n) is 13.7. The number of nitrogen functional groups attached to an aromatic ring is 1. The zero-order chi connectivity index (χ0) is 17.1. The summed E-state index contributed by atoms with van der Waals surface area (Å²) in [4.78, 5) is 18.1. The van der Waals surface area contributed by atoms with Crippen LogP contribution in [0.3, 0.4) is 0 Å². The standard InChI is InChI=1S/C19H17N3O3/c1-24-11-3-4-15-13(9-11)12-6-7-22-18(23)14-8-10(20)2-5-16(14)25-19(22)17(12)21-15/h2-5,8-9,19,21H,6-7,20H2,1H3. The predicted octanol–water partition coefficient (Wildman–Crippen LogP) is 2.85. The highest BCUT2D eigenvalue weighted by molar-refractivity contribution is 5.99. The fraction of sp³-hybridized carbons (Fsp3) is 0.211. The van der Waals surface area contributed by atoms with E-state index >= 15 is 0 Å². The Morgan fingerprint density at radius 1 is 1.28 bits per heavy atom. The van der Waals surface area contributed by atoms with Crippen LogP contribution in [0.2, 0.25) is 0 Å². The molecular formula is C19H17N3O3. The number of aromatic amines is 1. The van der Waals surface area contributed by atoms with Crippen molar-refractivity contribution in [3.8, 4) is 11.5 Å². The number of nitrogens with two attached hydrogens (primary N) is 1. The molecule has 3 heterocycles. The van der Waals surface area contributed by atoms with E-state index in [0.29, 0.717) is 23.5 Å². The van der Waals surface area contributed by atoms with Gasteiger partial charge in [0.2, 0.25) is 6.23 Å². The van der Waals surface area contributed by atoms with Crippen molar-refractivity contribution in [3.05, 3.63) is 53.2 Å². The summed E-state index contributed by atoms with van der Waals surface area (Å²) < 4.78 is 11.5. The van der Waals surface area contributed by atoms with E-state index in [1.807, 2.05) is 18.2 Å². The molecule has 0 aliphatic carbocycles. The smallest absolute Gasteiger partial charge is 0.260 e. The van der Waals surface area contributed by atoms with Crippen LogP contribution in [0.5, 0.6) is 11.5 Å². The second kappa shape index (κ2) is 4.92. The fourth-order valence-corrected chi connectivity index (χ4v) is 3.78. The molecule has 2 aliphatic rings. The predicted molar refractivity (Wildman–Crippen MR) is 93.8 cm³/mol. The number of benzene rings is 2. The topological polar surface area (TPSA) is 80.6 Å². The fourth-order valence-electron chi connectivity index (χ4n) is 3.78. The van der Waals surface area contributed by atoms with Crippen molar-refractivity contribution in [1.82, 2.24) is 9.88 Å². The van der Waals surface area contributed by atoms with Crippen LogP contribution in [-0.4, -0.2) is 29.4 Å². The van der Waals surface area contributed by atoms with Crippen molar-refractivity contribution < 1.29 is 14.3 Å². The molecule has 6 heteroatoms. The van der Waals surface area contributed by atoms with E-state index < -0.39 is 6.23 Å². The van der Waals surface area contributed by atoms with Crippen LogP contribution >= 0.6 is 0 Å². The van der Waals surface area contributed by atoms with E-state index in [-0.39, 0.29) is 5.91 Å². The number of nitrogens with zero attached hydrogens (tertiary/aromatic N) is 1. The van der Waals surface area contributed by atoms with E-state index in [0.717, 1.165) is 28.8 Å². The van der Waals surface area contributed by atoms with E-state index in [4.69, 9.17) is 15.2 Å². The minimum atomic E-state index is -0.439. The normalized spacial score (nSPS) is 18.4. The molecule has 1 aromatic heterocycles. The Kier molecular flexibility index (Phi) is 2.80. The van der Waals surface area contributed by atoms with E-state index in [1.165, 1.54) is 5.56 Å². The lowest BCUT2D eigenvalue weighted by Gasteiger charge is -2.39. The molecule has 3 aromatic rings. The number of nitrogens with one attached hydrogen (secondary N) is 1. The molecular weight excluding hydrogens is 318 g/mol. The van der Waals surface area contributed by atoms with Crippen LogP contribution in [0.4, 0.5) is 5.69 Å². The first-order chi connectivity index (χ1) is 12.2. The monoisotopic (exact) mass is 335 g/mol. The first-order valence-electron chi connectivity index (χ1n) is 8.21. The number of fused-ring (bicyclic) bond motifs is 6. The van der Waals surface area contributed by atoms with Gasteiger partial charge in [-0.25, -0.2) is 0 Å². The molecule has 1 unspecified atom stereocenters. The first-order valence-corrected chi connectivity index (χ1v) is 8.21. The second-order valence-corrected chi connectivity index (χ2v) is 6.40. The molecule has 5 rings (SSSR count). The van der Waals surface area contributed by atoms with Crippen molar-refractivity contribution in [2.45, 2.75) is 12.6 Å². The number of H-pyrrole nitrogens is 1. The molecule has 0 spiro atoms. The molecule has 2 aliphatic heterocycles. The molecule has 6 nitrogen and oxygen atoms in total. The summed E-state index contributed by atoms with van der Waals surface area (Å²) in [6, 6.07) is 11.1. The van der Waals surface area contributed by atoms with Crippen molar-refractivity contribution in [3.63, 3.8) is 0 Å². The highest BCUT2D eigenvalue weighted by atomic mass is 16.5. The Morgan fingerprint density at radius 3 is 3.00 bits per heavy atom. The molecule has 126 valence electrons. The number of carbonyl (C=O) groups is 1. The van der Waals surface area contributed by atoms with Gasteiger partial charge in [-0.1, -0.05) is 0 Å². The van der Waals surface area contributed by atoms with E-state index in [2.05, 4.69) is 4.98 Å². The van der Waals surface area contributed by atoms with Crippen molar-refractivity contribution in [1.29, 1.82) is 0 Å². The van der Waals surface area contributed by atoms with Gasteiger partial charge < -0.3 is 20.2 Å². The van der Waals surface area contributed by atoms with Gasteiger partial charge in [-0.2, -0.15) is 0 Å². The van der Waals surface area contributed by atoms with Gasteiger partial charge in [0.25, 0.3) is 5.91 Å². The van der Waals surface area contributed by atoms with Gasteiger partial charge in [-0.3, -0.25) is 9.69 Å². The molecule has 0 radical (unpaired) electrons. The number of hydrogen-bond donors (Lipinski definition) is 2. The average molecular weight is 335 g/mol. The summed E-state index contributed by atoms with van der Waals surface area (Å²) in [6.45, 7) is 0.606. The van der Waals surface area contributed by atoms with Gasteiger partial charge >= 0.3 is 0 Å². The summed E-state index contributed by atoms with van der Waals surface area (Å²) >= 11 is 0. The van der Waals surface area contributed by atoms with Crippen LogP contribution in [-0.2, 0) is 6.42 Å².